The van der Waals surface area contributed by atoms with E-state index in [9.17, 15) is 0 Å². The molecule has 2 N–H and O–H groups in total. The minimum Gasteiger partial charge on any atom is -0.462 e. The van der Waals surface area contributed by atoms with E-state index in [1.807, 2.05) is 12.5 Å². The summed E-state index contributed by atoms with van der Waals surface area (Å²) < 4.78 is 5.60. The smallest absolute Gasteiger partial charge is 0.191 e. The van der Waals surface area contributed by atoms with Gasteiger partial charge in [0.05, 0.1) is 23.4 Å². The summed E-state index contributed by atoms with van der Waals surface area (Å²) >= 11 is 3.11. The Morgan fingerprint density at radius 1 is 1.17 bits per heavy atom. The number of nitrogens with two attached hydrogens (primary N) is 1. The van der Waals surface area contributed by atoms with Crippen molar-refractivity contribution >= 4 is 40.3 Å². The molecular formula is C17H20N4OS2. The first-order valence-corrected chi connectivity index (χ1v) is 9.80. The molecule has 7 heteroatoms. The van der Waals surface area contributed by atoms with Crippen LogP contribution in [-0.2, 0) is 0 Å². The molecule has 0 aliphatic rings. The summed E-state index contributed by atoms with van der Waals surface area (Å²) in [5.41, 5.74) is 8.86. The summed E-state index contributed by atoms with van der Waals surface area (Å²) in [5.74, 6) is 0.898. The van der Waals surface area contributed by atoms with Crippen molar-refractivity contribution < 1.29 is 4.42 Å². The summed E-state index contributed by atoms with van der Waals surface area (Å²) in [7, 11) is 0. The molecule has 0 amide bonds. The van der Waals surface area contributed by atoms with Crippen molar-refractivity contribution in [2.75, 3.05) is 12.0 Å². The van der Waals surface area contributed by atoms with E-state index in [2.05, 4.69) is 41.8 Å². The highest BCUT2D eigenvalue weighted by molar-refractivity contribution is 7.99. The normalized spacial score (nSPS) is 12.9. The van der Waals surface area contributed by atoms with E-state index < -0.39 is 0 Å². The lowest BCUT2D eigenvalue weighted by Gasteiger charge is -2.11. The number of hydrogen-bond donors (Lipinski definition) is 1. The number of pyridine rings is 1. The quantitative estimate of drug-likeness (QED) is 0.394. The molecule has 0 saturated carbocycles. The molecule has 0 fully saturated rings. The van der Waals surface area contributed by atoms with Crippen molar-refractivity contribution in [3.8, 4) is 0 Å². The molecule has 3 heterocycles. The maximum absolute atomic E-state index is 5.86. The van der Waals surface area contributed by atoms with Gasteiger partial charge in [0.1, 0.15) is 10.8 Å². The van der Waals surface area contributed by atoms with Gasteiger partial charge in [0.2, 0.25) is 0 Å². The third-order valence-electron chi connectivity index (χ3n) is 3.74. The minimum absolute atomic E-state index is 0.112. The number of rotatable bonds is 5. The van der Waals surface area contributed by atoms with Crippen LogP contribution in [0.1, 0.15) is 43.2 Å². The number of nitrogen functional groups attached to an aromatic ring is 1. The molecule has 1 atom stereocenters. The van der Waals surface area contributed by atoms with Gasteiger partial charge >= 0.3 is 0 Å². The number of furan rings is 1. The van der Waals surface area contributed by atoms with Crippen molar-refractivity contribution in [3.63, 3.8) is 0 Å². The molecule has 0 spiro atoms. The van der Waals surface area contributed by atoms with Crippen LogP contribution in [0, 0.1) is 0 Å². The predicted octanol–water partition coefficient (Wildman–Crippen LogP) is 4.90. The molecule has 126 valence electrons. The zero-order valence-electron chi connectivity index (χ0n) is 14.1. The Balaban J connectivity index is 1.89. The topological polar surface area (TPSA) is 77.8 Å². The summed E-state index contributed by atoms with van der Waals surface area (Å²) in [5, 5.41) is 2.78. The zero-order chi connectivity index (χ0) is 17.3. The fourth-order valence-corrected chi connectivity index (χ4v) is 3.78. The molecule has 0 radical (unpaired) electrons. The van der Waals surface area contributed by atoms with Crippen LogP contribution in [0.5, 0.6) is 0 Å². The first kappa shape index (κ1) is 17.1. The van der Waals surface area contributed by atoms with Crippen molar-refractivity contribution in [1.29, 1.82) is 0 Å². The Hall–Kier alpha value is -1.73. The van der Waals surface area contributed by atoms with Gasteiger partial charge in [-0.3, -0.25) is 4.98 Å². The molecule has 3 aromatic heterocycles. The fourth-order valence-electron chi connectivity index (χ4n) is 2.43. The number of hydrogen-bond acceptors (Lipinski definition) is 7. The molecule has 3 rings (SSSR count). The van der Waals surface area contributed by atoms with Crippen LogP contribution in [-0.4, -0.2) is 21.2 Å². The second kappa shape index (κ2) is 7.03. The van der Waals surface area contributed by atoms with E-state index in [1.54, 1.807) is 35.8 Å². The van der Waals surface area contributed by atoms with Crippen molar-refractivity contribution in [1.82, 2.24) is 15.0 Å². The van der Waals surface area contributed by atoms with Gasteiger partial charge in [0.15, 0.2) is 10.7 Å². The van der Waals surface area contributed by atoms with Crippen LogP contribution < -0.4 is 5.73 Å². The zero-order valence-corrected chi connectivity index (χ0v) is 15.7. The SMILES string of the molecule is CSc1cc(N)nc(SC(C)c2cc3c(C(C)C)coc3cn2)n1. The number of thioether (sulfide) groups is 2. The Morgan fingerprint density at radius 2 is 1.96 bits per heavy atom. The molecule has 1 unspecified atom stereocenters. The van der Waals surface area contributed by atoms with Gasteiger partial charge in [-0.05, 0) is 25.2 Å². The Morgan fingerprint density at radius 3 is 2.67 bits per heavy atom. The molecule has 0 bridgehead atoms. The predicted molar refractivity (Wildman–Crippen MR) is 101 cm³/mol. The molecule has 0 aliphatic carbocycles. The summed E-state index contributed by atoms with van der Waals surface area (Å²) in [6.07, 6.45) is 5.59. The van der Waals surface area contributed by atoms with Gasteiger partial charge in [-0.25, -0.2) is 9.97 Å². The lowest BCUT2D eigenvalue weighted by atomic mass is 10.0. The molecule has 24 heavy (non-hydrogen) atoms. The number of anilines is 1. The second-order valence-electron chi connectivity index (χ2n) is 5.83. The molecule has 0 aliphatic heterocycles. The van der Waals surface area contributed by atoms with Gasteiger partial charge < -0.3 is 10.2 Å². The number of aromatic nitrogens is 3. The van der Waals surface area contributed by atoms with E-state index >= 15 is 0 Å². The molecular weight excluding hydrogens is 340 g/mol. The van der Waals surface area contributed by atoms with Gasteiger partial charge in [-0.1, -0.05) is 25.6 Å². The van der Waals surface area contributed by atoms with Crippen LogP contribution >= 0.6 is 23.5 Å². The van der Waals surface area contributed by atoms with Crippen molar-refractivity contribution in [2.45, 2.75) is 42.1 Å². The van der Waals surface area contributed by atoms with Crippen LogP contribution in [0.15, 0.2) is 39.2 Å². The molecule has 0 aromatic carbocycles. The van der Waals surface area contributed by atoms with Gasteiger partial charge in [-0.2, -0.15) is 0 Å². The van der Waals surface area contributed by atoms with E-state index in [0.717, 1.165) is 21.7 Å². The maximum Gasteiger partial charge on any atom is 0.191 e. The minimum atomic E-state index is 0.112. The largest absolute Gasteiger partial charge is 0.462 e. The second-order valence-corrected chi connectivity index (χ2v) is 7.96. The van der Waals surface area contributed by atoms with Gasteiger partial charge in [0.25, 0.3) is 0 Å². The van der Waals surface area contributed by atoms with Gasteiger partial charge in [0, 0.05) is 17.0 Å². The molecule has 3 aromatic rings. The number of fused-ring (bicyclic) bond motifs is 1. The number of nitrogens with zero attached hydrogens (tertiary/aromatic N) is 3. The Bertz CT molecular complexity index is 863. The van der Waals surface area contributed by atoms with E-state index in [-0.39, 0.29) is 5.25 Å². The third-order valence-corrected chi connectivity index (χ3v) is 5.36. The lowest BCUT2D eigenvalue weighted by molar-refractivity contribution is 0.605. The van der Waals surface area contributed by atoms with Crippen LogP contribution in [0.3, 0.4) is 0 Å². The van der Waals surface area contributed by atoms with Crippen molar-refractivity contribution in [2.24, 2.45) is 0 Å². The first-order chi connectivity index (χ1) is 11.5. The van der Waals surface area contributed by atoms with Crippen LogP contribution in [0.4, 0.5) is 5.82 Å². The summed E-state index contributed by atoms with van der Waals surface area (Å²) in [6, 6.07) is 3.89. The third kappa shape index (κ3) is 3.52. The van der Waals surface area contributed by atoms with Crippen molar-refractivity contribution in [3.05, 3.63) is 35.9 Å². The average Bonchev–Trinajstić information content (AvgIpc) is 2.97. The Kier molecular flexibility index (Phi) is 5.01. The highest BCUT2D eigenvalue weighted by atomic mass is 32.2. The average molecular weight is 361 g/mol. The maximum atomic E-state index is 5.86. The van der Waals surface area contributed by atoms with Crippen LogP contribution in [0.25, 0.3) is 11.0 Å². The first-order valence-electron chi connectivity index (χ1n) is 7.70. The lowest BCUT2D eigenvalue weighted by Crippen LogP contribution is -1.99. The standard InChI is InChI=1S/C17H20N4OS2/c1-9(2)12-8-22-14-7-19-13(5-11(12)14)10(3)24-17-20-15(18)6-16(21-17)23-4/h5-10H,1-4H3,(H2,18,20,21). The summed E-state index contributed by atoms with van der Waals surface area (Å²) in [6.45, 7) is 6.42. The Labute approximate surface area is 149 Å². The highest BCUT2D eigenvalue weighted by Gasteiger charge is 2.16. The monoisotopic (exact) mass is 360 g/mol. The molecule has 0 saturated heterocycles. The molecule has 5 nitrogen and oxygen atoms in total. The van der Waals surface area contributed by atoms with E-state index in [0.29, 0.717) is 16.9 Å². The van der Waals surface area contributed by atoms with E-state index in [1.165, 1.54) is 5.56 Å². The van der Waals surface area contributed by atoms with E-state index in [4.69, 9.17) is 10.2 Å². The summed E-state index contributed by atoms with van der Waals surface area (Å²) in [4.78, 5) is 13.4. The van der Waals surface area contributed by atoms with Gasteiger partial charge in [-0.15, -0.1) is 11.8 Å². The fraction of sp³-hybridized carbons (Fsp3) is 0.353. The van der Waals surface area contributed by atoms with Crippen LogP contribution in [0.2, 0.25) is 0 Å². The highest BCUT2D eigenvalue weighted by Crippen LogP contribution is 2.35.